The molecule has 1 aromatic carbocycles. The van der Waals surface area contributed by atoms with Crippen molar-refractivity contribution < 1.29 is 4.74 Å². The van der Waals surface area contributed by atoms with Gasteiger partial charge in [-0.15, -0.1) is 0 Å². The molecule has 0 unspecified atom stereocenters. The van der Waals surface area contributed by atoms with Crippen LogP contribution in [0, 0.1) is 0 Å². The third-order valence-corrected chi connectivity index (χ3v) is 4.23. The van der Waals surface area contributed by atoms with E-state index in [1.165, 1.54) is 0 Å². The van der Waals surface area contributed by atoms with Crippen molar-refractivity contribution in [1.82, 2.24) is 15.0 Å². The number of aromatic amines is 2. The fourth-order valence-corrected chi connectivity index (χ4v) is 3.00. The van der Waals surface area contributed by atoms with Gasteiger partial charge in [0.1, 0.15) is 11.5 Å². The van der Waals surface area contributed by atoms with Crippen LogP contribution in [0.4, 0.5) is 5.82 Å². The van der Waals surface area contributed by atoms with Crippen LogP contribution in [0.5, 0.6) is 0 Å². The highest BCUT2D eigenvalue weighted by Crippen LogP contribution is 2.31. The SMILES string of the molecule is COCCNc1cc(-c2ccc3cc[nH]c(=O)c3c2)c2cc[nH]c2n1. The van der Waals surface area contributed by atoms with Gasteiger partial charge < -0.3 is 20.0 Å². The highest BCUT2D eigenvalue weighted by atomic mass is 16.5. The Balaban J connectivity index is 1.86. The van der Waals surface area contributed by atoms with Crippen LogP contribution >= 0.6 is 0 Å². The molecule has 0 radical (unpaired) electrons. The number of hydrogen-bond acceptors (Lipinski definition) is 4. The number of methoxy groups -OCH3 is 1. The van der Waals surface area contributed by atoms with Gasteiger partial charge in [-0.1, -0.05) is 12.1 Å². The Bertz CT molecular complexity index is 1100. The van der Waals surface area contributed by atoms with Crippen LogP contribution in [0.2, 0.25) is 0 Å². The third kappa shape index (κ3) is 2.88. The van der Waals surface area contributed by atoms with E-state index in [4.69, 9.17) is 4.74 Å². The standard InChI is InChI=1S/C19H18N4O2/c1-25-9-8-20-17-11-15(14-5-7-21-18(14)23-17)13-3-2-12-4-6-22-19(24)16(12)10-13/h2-7,10-11H,8-9H2,1H3,(H,22,24)(H2,20,21,23). The fraction of sp³-hybridized carbons (Fsp3) is 0.158. The molecule has 0 spiro atoms. The quantitative estimate of drug-likeness (QED) is 0.490. The summed E-state index contributed by atoms with van der Waals surface area (Å²) in [5.74, 6) is 0.768. The zero-order valence-corrected chi connectivity index (χ0v) is 13.8. The second kappa shape index (κ2) is 6.41. The predicted octanol–water partition coefficient (Wildman–Crippen LogP) is 3.13. The summed E-state index contributed by atoms with van der Waals surface area (Å²) in [6.07, 6.45) is 3.53. The van der Waals surface area contributed by atoms with Gasteiger partial charge in [-0.05, 0) is 40.8 Å². The first-order chi connectivity index (χ1) is 12.3. The summed E-state index contributed by atoms with van der Waals surface area (Å²) in [6, 6.07) is 11.8. The van der Waals surface area contributed by atoms with E-state index in [0.29, 0.717) is 18.5 Å². The summed E-state index contributed by atoms with van der Waals surface area (Å²) in [5.41, 5.74) is 2.72. The number of anilines is 1. The molecule has 0 fully saturated rings. The number of fused-ring (bicyclic) bond motifs is 2. The number of nitrogens with one attached hydrogen (secondary N) is 3. The summed E-state index contributed by atoms with van der Waals surface area (Å²) in [7, 11) is 1.67. The molecule has 0 aliphatic heterocycles. The maximum absolute atomic E-state index is 12.1. The van der Waals surface area contributed by atoms with Crippen molar-refractivity contribution in [1.29, 1.82) is 0 Å². The molecule has 0 aliphatic rings. The van der Waals surface area contributed by atoms with Crippen molar-refractivity contribution >= 4 is 27.6 Å². The van der Waals surface area contributed by atoms with E-state index in [0.717, 1.165) is 33.4 Å². The summed E-state index contributed by atoms with van der Waals surface area (Å²) in [5, 5.41) is 5.88. The molecule has 126 valence electrons. The maximum atomic E-state index is 12.1. The molecular formula is C19H18N4O2. The van der Waals surface area contributed by atoms with Crippen LogP contribution in [-0.4, -0.2) is 35.2 Å². The Morgan fingerprint density at radius 3 is 2.84 bits per heavy atom. The molecule has 0 aliphatic carbocycles. The smallest absolute Gasteiger partial charge is 0.255 e. The molecular weight excluding hydrogens is 316 g/mol. The number of pyridine rings is 2. The summed E-state index contributed by atoms with van der Waals surface area (Å²) in [6.45, 7) is 1.28. The van der Waals surface area contributed by atoms with Crippen molar-refractivity contribution in [3.05, 3.63) is 59.1 Å². The van der Waals surface area contributed by atoms with Crippen molar-refractivity contribution in [3.63, 3.8) is 0 Å². The first-order valence-electron chi connectivity index (χ1n) is 8.09. The van der Waals surface area contributed by atoms with Crippen LogP contribution in [0.25, 0.3) is 32.9 Å². The number of benzene rings is 1. The Morgan fingerprint density at radius 2 is 1.96 bits per heavy atom. The van der Waals surface area contributed by atoms with Crippen molar-refractivity contribution in [2.45, 2.75) is 0 Å². The number of nitrogens with zero attached hydrogens (tertiary/aromatic N) is 1. The lowest BCUT2D eigenvalue weighted by Gasteiger charge is -2.10. The first kappa shape index (κ1) is 15.4. The maximum Gasteiger partial charge on any atom is 0.255 e. The topological polar surface area (TPSA) is 82.8 Å². The Labute approximate surface area is 143 Å². The molecule has 3 N–H and O–H groups in total. The minimum absolute atomic E-state index is 0.0860. The van der Waals surface area contributed by atoms with E-state index in [1.54, 1.807) is 13.3 Å². The summed E-state index contributed by atoms with van der Waals surface area (Å²) in [4.78, 5) is 22.6. The molecule has 4 rings (SSSR count). The Morgan fingerprint density at radius 1 is 1.08 bits per heavy atom. The highest BCUT2D eigenvalue weighted by molar-refractivity contribution is 5.97. The van der Waals surface area contributed by atoms with Gasteiger partial charge in [0.25, 0.3) is 5.56 Å². The molecule has 0 bridgehead atoms. The molecule has 6 nitrogen and oxygen atoms in total. The molecule has 3 heterocycles. The van der Waals surface area contributed by atoms with Gasteiger partial charge in [0.05, 0.1) is 6.61 Å². The second-order valence-corrected chi connectivity index (χ2v) is 5.82. The Hall–Kier alpha value is -3.12. The van der Waals surface area contributed by atoms with Gasteiger partial charge in [-0.25, -0.2) is 4.98 Å². The monoisotopic (exact) mass is 334 g/mol. The highest BCUT2D eigenvalue weighted by Gasteiger charge is 2.10. The molecule has 4 aromatic rings. The Kier molecular flexibility index (Phi) is 3.95. The van der Waals surface area contributed by atoms with Crippen LogP contribution < -0.4 is 10.9 Å². The number of aromatic nitrogens is 3. The molecule has 0 saturated carbocycles. The molecule has 6 heteroatoms. The summed E-state index contributed by atoms with van der Waals surface area (Å²) < 4.78 is 5.08. The minimum atomic E-state index is -0.0860. The number of rotatable bonds is 5. The molecule has 0 atom stereocenters. The molecule has 25 heavy (non-hydrogen) atoms. The zero-order valence-electron chi connectivity index (χ0n) is 13.8. The van der Waals surface area contributed by atoms with Gasteiger partial charge >= 0.3 is 0 Å². The van der Waals surface area contributed by atoms with Crippen LogP contribution in [0.15, 0.2) is 53.6 Å². The lowest BCUT2D eigenvalue weighted by Crippen LogP contribution is -2.09. The van der Waals surface area contributed by atoms with Crippen molar-refractivity contribution in [3.8, 4) is 11.1 Å². The van der Waals surface area contributed by atoms with Gasteiger partial charge in [0.2, 0.25) is 0 Å². The van der Waals surface area contributed by atoms with E-state index in [2.05, 4.69) is 20.3 Å². The number of H-pyrrole nitrogens is 2. The van der Waals surface area contributed by atoms with E-state index >= 15 is 0 Å². The van der Waals surface area contributed by atoms with Gasteiger partial charge in [0.15, 0.2) is 0 Å². The largest absolute Gasteiger partial charge is 0.383 e. The van der Waals surface area contributed by atoms with E-state index < -0.39 is 0 Å². The van der Waals surface area contributed by atoms with Gasteiger partial charge in [-0.3, -0.25) is 4.79 Å². The fourth-order valence-electron chi connectivity index (χ4n) is 3.00. The average Bonchev–Trinajstić information content (AvgIpc) is 3.10. The predicted molar refractivity (Wildman–Crippen MR) is 100 cm³/mol. The van der Waals surface area contributed by atoms with E-state index in [-0.39, 0.29) is 5.56 Å². The lowest BCUT2D eigenvalue weighted by atomic mass is 10.0. The van der Waals surface area contributed by atoms with Gasteiger partial charge in [-0.2, -0.15) is 0 Å². The molecule has 0 saturated heterocycles. The van der Waals surface area contributed by atoms with Gasteiger partial charge in [0, 0.05) is 36.8 Å². The van der Waals surface area contributed by atoms with Crippen LogP contribution in [0.3, 0.4) is 0 Å². The molecule has 3 aromatic heterocycles. The van der Waals surface area contributed by atoms with E-state index in [1.807, 2.05) is 42.6 Å². The number of ether oxygens (including phenoxy) is 1. The van der Waals surface area contributed by atoms with Crippen molar-refractivity contribution in [2.75, 3.05) is 25.6 Å². The zero-order chi connectivity index (χ0) is 17.2. The van der Waals surface area contributed by atoms with Crippen molar-refractivity contribution in [2.24, 2.45) is 0 Å². The first-order valence-corrected chi connectivity index (χ1v) is 8.09. The second-order valence-electron chi connectivity index (χ2n) is 5.82. The minimum Gasteiger partial charge on any atom is -0.383 e. The average molecular weight is 334 g/mol. The normalized spacial score (nSPS) is 11.2. The van der Waals surface area contributed by atoms with Crippen LogP contribution in [-0.2, 0) is 4.74 Å². The molecule has 0 amide bonds. The lowest BCUT2D eigenvalue weighted by molar-refractivity contribution is 0.210. The van der Waals surface area contributed by atoms with E-state index in [9.17, 15) is 4.79 Å². The summed E-state index contributed by atoms with van der Waals surface area (Å²) >= 11 is 0. The third-order valence-electron chi connectivity index (χ3n) is 4.23. The van der Waals surface area contributed by atoms with Crippen LogP contribution in [0.1, 0.15) is 0 Å². The number of hydrogen-bond donors (Lipinski definition) is 3.